The highest BCUT2D eigenvalue weighted by Crippen LogP contribution is 2.04. The Hall–Kier alpha value is -2.51. The molecule has 0 radical (unpaired) electrons. The smallest absolute Gasteiger partial charge is 0.358 e. The fraction of sp³-hybridized carbons (Fsp3) is 0.222. The van der Waals surface area contributed by atoms with Gasteiger partial charge in [0.15, 0.2) is 16.9 Å². The first-order valence-corrected chi connectivity index (χ1v) is 4.81. The van der Waals surface area contributed by atoms with Crippen molar-refractivity contribution in [3.8, 4) is 0 Å². The summed E-state index contributed by atoms with van der Waals surface area (Å²) in [6, 6.07) is 0. The molecular weight excluding hydrogens is 226 g/mol. The molecular formula is C9H9N5O3. The number of H-pyrrole nitrogens is 1. The van der Waals surface area contributed by atoms with Gasteiger partial charge in [-0.05, 0) is 6.92 Å². The maximum Gasteiger partial charge on any atom is 0.358 e. The Kier molecular flexibility index (Phi) is 2.69. The van der Waals surface area contributed by atoms with Crippen LogP contribution in [-0.4, -0.2) is 32.5 Å². The second kappa shape index (κ2) is 4.16. The molecule has 0 aliphatic carbocycles. The quantitative estimate of drug-likeness (QED) is 0.670. The van der Waals surface area contributed by atoms with E-state index in [4.69, 9.17) is 10.5 Å². The number of aromatic nitrogens is 4. The lowest BCUT2D eigenvalue weighted by molar-refractivity contribution is 0.0519. The van der Waals surface area contributed by atoms with Crippen LogP contribution in [0, 0.1) is 0 Å². The molecule has 0 atom stereocenters. The molecule has 0 bridgehead atoms. The number of nitrogens with one attached hydrogen (secondary N) is 1. The minimum atomic E-state index is -0.623. The number of hydrogen-bond acceptors (Lipinski definition) is 7. The lowest BCUT2D eigenvalue weighted by Crippen LogP contribution is -2.15. The highest BCUT2D eigenvalue weighted by Gasteiger charge is 2.12. The summed E-state index contributed by atoms with van der Waals surface area (Å²) in [5.41, 5.74) is 4.87. The van der Waals surface area contributed by atoms with Gasteiger partial charge in [-0.15, -0.1) is 0 Å². The van der Waals surface area contributed by atoms with Crippen LogP contribution < -0.4 is 11.3 Å². The lowest BCUT2D eigenvalue weighted by Gasteiger charge is -2.01. The van der Waals surface area contributed by atoms with Crippen molar-refractivity contribution >= 4 is 23.1 Å². The standard InChI is InChI=1S/C9H9N5O3/c1-2-17-8(16)4-3-11-5-6(12-4)13-9(10)14-7(5)15/h3H,2H2,1H3,(H3,10,12,13,14,15). The second-order valence-corrected chi connectivity index (χ2v) is 3.10. The van der Waals surface area contributed by atoms with Crippen LogP contribution >= 0.6 is 0 Å². The van der Waals surface area contributed by atoms with Crippen molar-refractivity contribution in [2.24, 2.45) is 0 Å². The van der Waals surface area contributed by atoms with E-state index in [0.717, 1.165) is 6.20 Å². The molecule has 0 saturated carbocycles. The molecule has 2 aromatic rings. The summed E-state index contributed by atoms with van der Waals surface area (Å²) < 4.78 is 4.75. The summed E-state index contributed by atoms with van der Waals surface area (Å²) in [6.07, 6.45) is 1.16. The molecule has 8 heteroatoms. The molecule has 3 N–H and O–H groups in total. The Morgan fingerprint density at radius 1 is 1.53 bits per heavy atom. The molecule has 2 heterocycles. The van der Waals surface area contributed by atoms with Crippen molar-refractivity contribution in [1.82, 2.24) is 19.9 Å². The first-order chi connectivity index (χ1) is 8.11. The van der Waals surface area contributed by atoms with E-state index in [1.165, 1.54) is 0 Å². The van der Waals surface area contributed by atoms with E-state index < -0.39 is 11.5 Å². The molecule has 0 aromatic carbocycles. The van der Waals surface area contributed by atoms with Gasteiger partial charge in [-0.3, -0.25) is 9.78 Å². The molecule has 17 heavy (non-hydrogen) atoms. The maximum absolute atomic E-state index is 11.4. The second-order valence-electron chi connectivity index (χ2n) is 3.10. The van der Waals surface area contributed by atoms with E-state index in [9.17, 15) is 9.59 Å². The number of nitrogen functional groups attached to an aromatic ring is 1. The number of hydrogen-bond donors (Lipinski definition) is 2. The Labute approximate surface area is 94.9 Å². The number of aromatic amines is 1. The average molecular weight is 235 g/mol. The summed E-state index contributed by atoms with van der Waals surface area (Å²) in [5.74, 6) is -0.708. The molecule has 0 saturated heterocycles. The van der Waals surface area contributed by atoms with Crippen molar-refractivity contribution in [1.29, 1.82) is 0 Å². The van der Waals surface area contributed by atoms with Crippen molar-refractivity contribution in [2.45, 2.75) is 6.92 Å². The van der Waals surface area contributed by atoms with E-state index in [1.54, 1.807) is 6.92 Å². The van der Waals surface area contributed by atoms with E-state index in [2.05, 4.69) is 19.9 Å². The van der Waals surface area contributed by atoms with Crippen LogP contribution in [0.25, 0.3) is 11.2 Å². The normalized spacial score (nSPS) is 10.4. The summed E-state index contributed by atoms with van der Waals surface area (Å²) >= 11 is 0. The molecule has 0 aliphatic rings. The number of nitrogens with zero attached hydrogens (tertiary/aromatic N) is 3. The molecule has 0 spiro atoms. The van der Waals surface area contributed by atoms with Gasteiger partial charge in [0, 0.05) is 0 Å². The van der Waals surface area contributed by atoms with E-state index in [1.807, 2.05) is 0 Å². The van der Waals surface area contributed by atoms with Gasteiger partial charge in [-0.2, -0.15) is 4.98 Å². The maximum atomic E-state index is 11.4. The molecule has 0 amide bonds. The minimum Gasteiger partial charge on any atom is -0.461 e. The lowest BCUT2D eigenvalue weighted by atomic mass is 10.4. The Morgan fingerprint density at radius 2 is 2.29 bits per heavy atom. The molecule has 2 rings (SSSR count). The van der Waals surface area contributed by atoms with Crippen LogP contribution in [0.2, 0.25) is 0 Å². The van der Waals surface area contributed by atoms with Crippen molar-refractivity contribution in [3.63, 3.8) is 0 Å². The third kappa shape index (κ3) is 2.05. The number of anilines is 1. The van der Waals surface area contributed by atoms with Crippen LogP contribution in [0.15, 0.2) is 11.0 Å². The van der Waals surface area contributed by atoms with E-state index in [0.29, 0.717) is 0 Å². The van der Waals surface area contributed by atoms with E-state index in [-0.39, 0.29) is 29.4 Å². The van der Waals surface area contributed by atoms with Crippen molar-refractivity contribution in [3.05, 3.63) is 22.2 Å². The summed E-state index contributed by atoms with van der Waals surface area (Å²) in [5, 5.41) is 0. The van der Waals surface area contributed by atoms with Gasteiger partial charge in [-0.1, -0.05) is 0 Å². The monoisotopic (exact) mass is 235 g/mol. The van der Waals surface area contributed by atoms with Crippen molar-refractivity contribution in [2.75, 3.05) is 12.3 Å². The SMILES string of the molecule is CCOC(=O)c1cnc2c(=O)[nH]c(N)nc2n1. The Balaban J connectivity index is 2.58. The fourth-order valence-corrected chi connectivity index (χ4v) is 1.24. The van der Waals surface area contributed by atoms with E-state index >= 15 is 0 Å². The number of fused-ring (bicyclic) bond motifs is 1. The first kappa shape index (κ1) is 11.0. The number of carbonyl (C=O) groups is 1. The third-order valence-electron chi connectivity index (χ3n) is 1.92. The molecule has 88 valence electrons. The predicted molar refractivity (Wildman–Crippen MR) is 58.3 cm³/mol. The largest absolute Gasteiger partial charge is 0.461 e. The van der Waals surface area contributed by atoms with Gasteiger partial charge in [0.2, 0.25) is 5.95 Å². The van der Waals surface area contributed by atoms with Gasteiger partial charge in [0.05, 0.1) is 12.8 Å². The number of esters is 1. The molecule has 2 aromatic heterocycles. The molecule has 8 nitrogen and oxygen atoms in total. The molecule has 0 aliphatic heterocycles. The highest BCUT2D eigenvalue weighted by atomic mass is 16.5. The third-order valence-corrected chi connectivity index (χ3v) is 1.92. The van der Waals surface area contributed by atoms with Gasteiger partial charge in [0.1, 0.15) is 0 Å². The zero-order valence-corrected chi connectivity index (χ0v) is 8.93. The van der Waals surface area contributed by atoms with Crippen LogP contribution in [-0.2, 0) is 4.74 Å². The van der Waals surface area contributed by atoms with Crippen LogP contribution in [0.3, 0.4) is 0 Å². The van der Waals surface area contributed by atoms with Crippen LogP contribution in [0.4, 0.5) is 5.95 Å². The van der Waals surface area contributed by atoms with Gasteiger partial charge < -0.3 is 10.5 Å². The molecule has 0 fully saturated rings. The van der Waals surface area contributed by atoms with Gasteiger partial charge >= 0.3 is 5.97 Å². The summed E-state index contributed by atoms with van der Waals surface area (Å²) in [7, 11) is 0. The van der Waals surface area contributed by atoms with Crippen LogP contribution in [0.1, 0.15) is 17.4 Å². The number of ether oxygens (including phenoxy) is 1. The highest BCUT2D eigenvalue weighted by molar-refractivity contribution is 5.88. The van der Waals surface area contributed by atoms with Crippen molar-refractivity contribution < 1.29 is 9.53 Å². The average Bonchev–Trinajstić information content (AvgIpc) is 2.28. The summed E-state index contributed by atoms with van der Waals surface area (Å²) in [6.45, 7) is 1.90. The minimum absolute atomic E-state index is 0.0109. The number of rotatable bonds is 2. The summed E-state index contributed by atoms with van der Waals surface area (Å²) in [4.78, 5) is 36.5. The fourth-order valence-electron chi connectivity index (χ4n) is 1.24. The Bertz CT molecular complexity index is 636. The van der Waals surface area contributed by atoms with Gasteiger partial charge in [-0.25, -0.2) is 14.8 Å². The number of nitrogens with two attached hydrogens (primary N) is 1. The Morgan fingerprint density at radius 3 is 3.00 bits per heavy atom. The first-order valence-electron chi connectivity index (χ1n) is 4.81. The number of carbonyl (C=O) groups excluding carboxylic acids is 1. The van der Waals surface area contributed by atoms with Gasteiger partial charge in [0.25, 0.3) is 5.56 Å². The predicted octanol–water partition coefficient (Wildman–Crippen LogP) is -0.528. The van der Waals surface area contributed by atoms with Crippen LogP contribution in [0.5, 0.6) is 0 Å². The molecule has 0 unspecified atom stereocenters. The topological polar surface area (TPSA) is 124 Å². The zero-order chi connectivity index (χ0) is 12.4. The zero-order valence-electron chi connectivity index (χ0n) is 8.93.